The molecule has 0 radical (unpaired) electrons. The lowest BCUT2D eigenvalue weighted by atomic mass is 10.1. The Morgan fingerprint density at radius 1 is 1.06 bits per heavy atom. The molecule has 0 saturated carbocycles. The second-order valence-electron chi connectivity index (χ2n) is 8.00. The summed E-state index contributed by atoms with van der Waals surface area (Å²) in [6.07, 6.45) is 7.73. The third-order valence-corrected chi connectivity index (χ3v) is 5.75. The lowest BCUT2D eigenvalue weighted by Gasteiger charge is -2.24. The molecule has 2 aliphatic heterocycles. The highest BCUT2D eigenvalue weighted by molar-refractivity contribution is 5.76. The molecule has 31 heavy (non-hydrogen) atoms. The summed E-state index contributed by atoms with van der Waals surface area (Å²) in [7, 11) is 0. The molecule has 1 aromatic carbocycles. The van der Waals surface area contributed by atoms with Crippen LogP contribution in [0, 0.1) is 0 Å². The fraction of sp³-hybridized carbons (Fsp3) is 0.391. The third-order valence-electron chi connectivity index (χ3n) is 5.75. The summed E-state index contributed by atoms with van der Waals surface area (Å²) in [4.78, 5) is 31.5. The first-order valence-electron chi connectivity index (χ1n) is 10.9. The second-order valence-corrected chi connectivity index (χ2v) is 8.00. The van der Waals surface area contributed by atoms with Crippen LogP contribution >= 0.6 is 0 Å². The maximum absolute atomic E-state index is 12.4. The lowest BCUT2D eigenvalue weighted by molar-refractivity contribution is 0.0904. The molecule has 8 nitrogen and oxygen atoms in total. The van der Waals surface area contributed by atoms with Crippen LogP contribution in [-0.2, 0) is 4.74 Å². The predicted octanol–water partition coefficient (Wildman–Crippen LogP) is 3.07. The van der Waals surface area contributed by atoms with E-state index in [4.69, 9.17) is 9.72 Å². The highest BCUT2D eigenvalue weighted by Crippen LogP contribution is 2.23. The quantitative estimate of drug-likeness (QED) is 0.657. The number of aromatic amines is 1. The Bertz CT molecular complexity index is 1150. The van der Waals surface area contributed by atoms with Crippen molar-refractivity contribution in [3.8, 4) is 0 Å². The number of fused-ring (bicyclic) bond motifs is 1. The van der Waals surface area contributed by atoms with Crippen LogP contribution in [0.3, 0.4) is 0 Å². The second kappa shape index (κ2) is 8.85. The Labute approximate surface area is 180 Å². The summed E-state index contributed by atoms with van der Waals surface area (Å²) in [6.45, 7) is 3.54. The van der Waals surface area contributed by atoms with Crippen molar-refractivity contribution < 1.29 is 4.74 Å². The first-order valence-corrected chi connectivity index (χ1v) is 10.9. The van der Waals surface area contributed by atoms with Crippen LogP contribution in [0.1, 0.15) is 37.2 Å². The van der Waals surface area contributed by atoms with Crippen molar-refractivity contribution in [3.63, 3.8) is 0 Å². The summed E-state index contributed by atoms with van der Waals surface area (Å²) < 4.78 is 5.46. The van der Waals surface area contributed by atoms with Crippen LogP contribution < -0.4 is 15.8 Å². The molecule has 0 spiro atoms. The average molecular weight is 419 g/mol. The first kappa shape index (κ1) is 19.7. The number of aromatic nitrogens is 4. The van der Waals surface area contributed by atoms with Crippen molar-refractivity contribution in [2.24, 2.45) is 0 Å². The van der Waals surface area contributed by atoms with E-state index in [0.29, 0.717) is 17.6 Å². The van der Waals surface area contributed by atoms with Crippen LogP contribution in [0.2, 0.25) is 0 Å². The molecule has 0 unspecified atom stereocenters. The van der Waals surface area contributed by atoms with Crippen LogP contribution in [0.25, 0.3) is 23.2 Å². The van der Waals surface area contributed by atoms with Crippen molar-refractivity contribution >= 4 is 34.8 Å². The van der Waals surface area contributed by atoms with Crippen LogP contribution in [0.5, 0.6) is 0 Å². The standard InChI is InChI=1S/C23H26N6O2/c30-23-19(25-17-5-1-2-6-18(17)26-23)7-8-20-27-21(24-16-9-13-31-14-10-16)15-22(28-20)29-11-3-4-12-29/h1-2,5-8,15-16H,3-4,9-14H2,(H,26,30)(H,24,27,28). The molecule has 4 heterocycles. The van der Waals surface area contributed by atoms with Gasteiger partial charge in [-0.3, -0.25) is 4.79 Å². The van der Waals surface area contributed by atoms with Crippen molar-refractivity contribution in [1.82, 2.24) is 19.9 Å². The Kier molecular flexibility index (Phi) is 5.62. The number of H-pyrrole nitrogens is 1. The number of hydrogen-bond acceptors (Lipinski definition) is 7. The van der Waals surface area contributed by atoms with Gasteiger partial charge in [0.2, 0.25) is 0 Å². The van der Waals surface area contributed by atoms with Crippen LogP contribution in [0.4, 0.5) is 11.6 Å². The summed E-state index contributed by atoms with van der Waals surface area (Å²) >= 11 is 0. The van der Waals surface area contributed by atoms with E-state index in [-0.39, 0.29) is 5.56 Å². The minimum atomic E-state index is -0.230. The van der Waals surface area contributed by atoms with Crippen molar-refractivity contribution in [3.05, 3.63) is 52.2 Å². The molecule has 2 fully saturated rings. The number of hydrogen-bond donors (Lipinski definition) is 2. The number of ether oxygens (including phenoxy) is 1. The summed E-state index contributed by atoms with van der Waals surface area (Å²) in [5.41, 5.74) is 1.58. The van der Waals surface area contributed by atoms with Crippen LogP contribution in [0.15, 0.2) is 35.1 Å². The zero-order valence-corrected chi connectivity index (χ0v) is 17.4. The van der Waals surface area contributed by atoms with Gasteiger partial charge in [-0.05, 0) is 50.0 Å². The SMILES string of the molecule is O=c1[nH]c2ccccc2nc1C=Cc1nc(NC2CCOCC2)cc(N2CCCC2)n1. The number of para-hydroxylation sites is 2. The van der Waals surface area contributed by atoms with Gasteiger partial charge in [-0.1, -0.05) is 12.1 Å². The monoisotopic (exact) mass is 418 g/mol. The smallest absolute Gasteiger partial charge is 0.274 e. The van der Waals surface area contributed by atoms with Gasteiger partial charge in [-0.2, -0.15) is 0 Å². The fourth-order valence-corrected chi connectivity index (χ4v) is 4.07. The maximum Gasteiger partial charge on any atom is 0.274 e. The third kappa shape index (κ3) is 4.59. The number of nitrogens with zero attached hydrogens (tertiary/aromatic N) is 4. The molecule has 0 aliphatic carbocycles. The van der Waals surface area contributed by atoms with Gasteiger partial charge in [-0.25, -0.2) is 15.0 Å². The Balaban J connectivity index is 1.45. The molecule has 0 atom stereocenters. The molecule has 2 N–H and O–H groups in total. The van der Waals surface area contributed by atoms with E-state index in [0.717, 1.165) is 61.8 Å². The number of rotatable bonds is 5. The zero-order valence-electron chi connectivity index (χ0n) is 17.4. The van der Waals surface area contributed by atoms with E-state index < -0.39 is 0 Å². The van der Waals surface area contributed by atoms with E-state index in [1.54, 1.807) is 12.2 Å². The maximum atomic E-state index is 12.4. The number of benzene rings is 1. The van der Waals surface area contributed by atoms with E-state index in [1.165, 1.54) is 12.8 Å². The minimum Gasteiger partial charge on any atom is -0.381 e. The summed E-state index contributed by atoms with van der Waals surface area (Å²) in [5, 5.41) is 3.54. The fourth-order valence-electron chi connectivity index (χ4n) is 4.07. The van der Waals surface area contributed by atoms with Gasteiger partial charge in [0, 0.05) is 38.4 Å². The molecular formula is C23H26N6O2. The largest absolute Gasteiger partial charge is 0.381 e. The van der Waals surface area contributed by atoms with Gasteiger partial charge in [-0.15, -0.1) is 0 Å². The van der Waals surface area contributed by atoms with Crippen molar-refractivity contribution in [2.45, 2.75) is 31.7 Å². The van der Waals surface area contributed by atoms with Crippen LogP contribution in [-0.4, -0.2) is 52.3 Å². The average Bonchev–Trinajstić information content (AvgIpc) is 3.33. The van der Waals surface area contributed by atoms with Gasteiger partial charge < -0.3 is 19.9 Å². The van der Waals surface area contributed by atoms with Crippen molar-refractivity contribution in [2.75, 3.05) is 36.5 Å². The molecule has 2 saturated heterocycles. The molecule has 8 heteroatoms. The highest BCUT2D eigenvalue weighted by atomic mass is 16.5. The normalized spacial score (nSPS) is 17.6. The Morgan fingerprint density at radius 3 is 2.71 bits per heavy atom. The van der Waals surface area contributed by atoms with Gasteiger partial charge >= 0.3 is 0 Å². The molecule has 3 aromatic rings. The molecule has 160 valence electrons. The number of nitrogens with one attached hydrogen (secondary N) is 2. The molecule has 0 amide bonds. The summed E-state index contributed by atoms with van der Waals surface area (Å²) in [5.74, 6) is 2.29. The predicted molar refractivity (Wildman–Crippen MR) is 122 cm³/mol. The molecule has 2 aromatic heterocycles. The summed E-state index contributed by atoms with van der Waals surface area (Å²) in [6, 6.07) is 9.87. The Morgan fingerprint density at radius 2 is 1.87 bits per heavy atom. The van der Waals surface area contributed by atoms with E-state index in [1.807, 2.05) is 30.3 Å². The Hall–Kier alpha value is -3.26. The molecular weight excluding hydrogens is 392 g/mol. The highest BCUT2D eigenvalue weighted by Gasteiger charge is 2.18. The van der Waals surface area contributed by atoms with Gasteiger partial charge in [0.15, 0.2) is 5.82 Å². The topological polar surface area (TPSA) is 96.0 Å². The van der Waals surface area contributed by atoms with Gasteiger partial charge in [0.1, 0.15) is 17.3 Å². The zero-order chi connectivity index (χ0) is 21.0. The number of anilines is 2. The molecule has 2 aliphatic rings. The van der Waals surface area contributed by atoms with Gasteiger partial charge in [0.25, 0.3) is 5.56 Å². The van der Waals surface area contributed by atoms with E-state index in [9.17, 15) is 4.79 Å². The molecule has 5 rings (SSSR count). The molecule has 0 bridgehead atoms. The van der Waals surface area contributed by atoms with Crippen molar-refractivity contribution in [1.29, 1.82) is 0 Å². The van der Waals surface area contributed by atoms with E-state index >= 15 is 0 Å². The van der Waals surface area contributed by atoms with Gasteiger partial charge in [0.05, 0.1) is 11.0 Å². The lowest BCUT2D eigenvalue weighted by Crippen LogP contribution is -2.28. The first-order chi connectivity index (χ1) is 15.2. The van der Waals surface area contributed by atoms with E-state index in [2.05, 4.69) is 25.2 Å². The minimum absolute atomic E-state index is 0.230.